The molecule has 0 amide bonds. The van der Waals surface area contributed by atoms with Gasteiger partial charge in [-0.25, -0.2) is 0 Å². The highest BCUT2D eigenvalue weighted by atomic mass is 16.1. The van der Waals surface area contributed by atoms with E-state index in [4.69, 9.17) is 0 Å². The van der Waals surface area contributed by atoms with Crippen LogP contribution in [0.2, 0.25) is 0 Å². The van der Waals surface area contributed by atoms with Crippen LogP contribution in [0.4, 0.5) is 11.4 Å². The van der Waals surface area contributed by atoms with Crippen molar-refractivity contribution < 1.29 is 4.79 Å². The van der Waals surface area contributed by atoms with Crippen molar-refractivity contribution in [1.29, 1.82) is 0 Å². The molecule has 0 N–H and O–H groups in total. The normalized spacial score (nSPS) is 40.2. The molecule has 0 spiro atoms. The number of rotatable bonds is 3. The summed E-state index contributed by atoms with van der Waals surface area (Å²) in [6.45, 7) is 5.00. The number of fused-ring (bicyclic) bond motifs is 5. The van der Waals surface area contributed by atoms with Gasteiger partial charge in [0.1, 0.15) is 0 Å². The molecule has 0 aromatic heterocycles. The van der Waals surface area contributed by atoms with Gasteiger partial charge in [0.2, 0.25) is 0 Å². The Labute approximate surface area is 194 Å². The first-order valence-electron chi connectivity index (χ1n) is 12.9. The van der Waals surface area contributed by atoms with Crippen LogP contribution in [-0.4, -0.2) is 26.1 Å². The summed E-state index contributed by atoms with van der Waals surface area (Å²) in [4.78, 5) is 19.9. The van der Waals surface area contributed by atoms with E-state index in [2.05, 4.69) is 41.9 Å². The predicted molar refractivity (Wildman–Crippen MR) is 134 cm³/mol. The highest BCUT2D eigenvalue weighted by molar-refractivity contribution is 6.03. The third-order valence-electron chi connectivity index (χ3n) is 10.1. The van der Waals surface area contributed by atoms with Crippen LogP contribution in [0.15, 0.2) is 40.9 Å². The lowest BCUT2D eigenvalue weighted by Gasteiger charge is -2.59. The molecular weight excluding hydrogens is 392 g/mol. The molecule has 5 rings (SSSR count). The maximum absolute atomic E-state index is 13.2. The van der Waals surface area contributed by atoms with Crippen LogP contribution in [0.5, 0.6) is 0 Å². The second kappa shape index (κ2) is 8.15. The molecule has 3 heteroatoms. The van der Waals surface area contributed by atoms with Gasteiger partial charge in [0.25, 0.3) is 0 Å². The zero-order valence-electron chi connectivity index (χ0n) is 20.4. The van der Waals surface area contributed by atoms with Crippen molar-refractivity contribution >= 4 is 23.4 Å². The molecule has 6 atom stereocenters. The van der Waals surface area contributed by atoms with Gasteiger partial charge in [0, 0.05) is 38.0 Å². The van der Waals surface area contributed by atoms with E-state index in [1.54, 1.807) is 0 Å². The molecule has 1 aromatic carbocycles. The number of hydrogen-bond donors (Lipinski definition) is 0. The van der Waals surface area contributed by atoms with E-state index < -0.39 is 0 Å². The summed E-state index contributed by atoms with van der Waals surface area (Å²) in [5.74, 6) is 3.41. The van der Waals surface area contributed by atoms with Crippen molar-refractivity contribution in [3.63, 3.8) is 0 Å². The predicted octanol–water partition coefficient (Wildman–Crippen LogP) is 6.99. The lowest BCUT2D eigenvalue weighted by atomic mass is 9.45. The van der Waals surface area contributed by atoms with Gasteiger partial charge in [-0.05, 0) is 103 Å². The average molecular weight is 433 g/mol. The van der Waals surface area contributed by atoms with E-state index >= 15 is 0 Å². The molecule has 0 aliphatic heterocycles. The number of anilines is 1. The monoisotopic (exact) mass is 432 g/mol. The van der Waals surface area contributed by atoms with Crippen molar-refractivity contribution in [1.82, 2.24) is 0 Å². The lowest BCUT2D eigenvalue weighted by Crippen LogP contribution is -2.52. The van der Waals surface area contributed by atoms with Gasteiger partial charge >= 0.3 is 0 Å². The molecule has 32 heavy (non-hydrogen) atoms. The second-order valence-electron chi connectivity index (χ2n) is 11.8. The molecule has 0 radical (unpaired) electrons. The number of hydrogen-bond acceptors (Lipinski definition) is 3. The van der Waals surface area contributed by atoms with Gasteiger partial charge < -0.3 is 4.90 Å². The Morgan fingerprint density at radius 2 is 1.75 bits per heavy atom. The highest BCUT2D eigenvalue weighted by Gasteiger charge is 2.60. The van der Waals surface area contributed by atoms with Gasteiger partial charge in [-0.1, -0.05) is 26.7 Å². The summed E-state index contributed by atoms with van der Waals surface area (Å²) >= 11 is 0. The SMILES string of the molecule is CN(C)c1ccc(N=C/C=C2\C(=O)C[C@H]3[C@@H]4CC[C@H]5CCCC[C@]5(C)[C@H]4CC[C@]23C)cc1. The number of carbonyl (C=O) groups excluding carboxylic acids is 1. The largest absolute Gasteiger partial charge is 0.378 e. The molecule has 0 bridgehead atoms. The smallest absolute Gasteiger partial charge is 0.159 e. The molecule has 0 heterocycles. The number of allylic oxidation sites excluding steroid dienone is 2. The molecule has 172 valence electrons. The fourth-order valence-electron chi connectivity index (χ4n) is 8.27. The number of nitrogens with zero attached hydrogens (tertiary/aromatic N) is 2. The molecular formula is C29H40N2O. The van der Waals surface area contributed by atoms with E-state index in [0.29, 0.717) is 17.1 Å². The molecule has 4 saturated carbocycles. The van der Waals surface area contributed by atoms with Crippen LogP contribution >= 0.6 is 0 Å². The van der Waals surface area contributed by atoms with Crippen molar-refractivity contribution in [3.05, 3.63) is 35.9 Å². The van der Waals surface area contributed by atoms with Crippen LogP contribution in [0.3, 0.4) is 0 Å². The number of benzene rings is 1. The van der Waals surface area contributed by atoms with E-state index in [-0.39, 0.29) is 5.41 Å². The summed E-state index contributed by atoms with van der Waals surface area (Å²) in [6, 6.07) is 8.25. The van der Waals surface area contributed by atoms with Crippen molar-refractivity contribution in [3.8, 4) is 0 Å². The topological polar surface area (TPSA) is 32.7 Å². The summed E-state index contributed by atoms with van der Waals surface area (Å²) in [6.07, 6.45) is 15.6. The zero-order valence-corrected chi connectivity index (χ0v) is 20.4. The molecule has 4 aliphatic carbocycles. The summed E-state index contributed by atoms with van der Waals surface area (Å²) < 4.78 is 0. The number of aliphatic imine (C=N–C) groups is 1. The van der Waals surface area contributed by atoms with Gasteiger partial charge in [-0.15, -0.1) is 0 Å². The van der Waals surface area contributed by atoms with Crippen LogP contribution in [0.25, 0.3) is 0 Å². The summed E-state index contributed by atoms with van der Waals surface area (Å²) in [5, 5.41) is 0. The Bertz CT molecular complexity index is 929. The minimum Gasteiger partial charge on any atom is -0.378 e. The van der Waals surface area contributed by atoms with Crippen LogP contribution in [0, 0.1) is 34.5 Å². The van der Waals surface area contributed by atoms with Gasteiger partial charge in [0.15, 0.2) is 5.78 Å². The molecule has 0 unspecified atom stereocenters. The summed E-state index contributed by atoms with van der Waals surface area (Å²) in [5.41, 5.74) is 3.72. The second-order valence-corrected chi connectivity index (χ2v) is 11.8. The molecule has 4 fully saturated rings. The van der Waals surface area contributed by atoms with E-state index in [9.17, 15) is 4.79 Å². The molecule has 1 aromatic rings. The first kappa shape index (κ1) is 21.9. The van der Waals surface area contributed by atoms with Gasteiger partial charge in [0.05, 0.1) is 5.69 Å². The Morgan fingerprint density at radius 3 is 2.50 bits per heavy atom. The highest BCUT2D eigenvalue weighted by Crippen LogP contribution is 2.66. The average Bonchev–Trinajstić information content (AvgIpc) is 3.04. The third kappa shape index (κ3) is 3.47. The van der Waals surface area contributed by atoms with Crippen molar-refractivity contribution in [2.75, 3.05) is 19.0 Å². The van der Waals surface area contributed by atoms with Gasteiger partial charge in [-0.2, -0.15) is 0 Å². The van der Waals surface area contributed by atoms with E-state index in [1.807, 2.05) is 32.4 Å². The standard InChI is InChI=1S/C29H40N2O/c1-28-16-6-5-7-20(28)8-13-23-24(28)14-17-29(2)25(27(32)19-26(23)29)15-18-30-21-9-11-22(12-10-21)31(3)4/h9-12,15,18,20,23-24,26H,5-8,13-14,16-17,19H2,1-4H3/b25-15+,30-18?/t20-,23-,24+,26+,28+,29-/m1/s1. The first-order chi connectivity index (χ1) is 15.3. The number of ketones is 1. The van der Waals surface area contributed by atoms with Crippen LogP contribution in [0.1, 0.15) is 71.6 Å². The Morgan fingerprint density at radius 1 is 0.969 bits per heavy atom. The van der Waals surface area contributed by atoms with Crippen molar-refractivity contribution in [2.45, 2.75) is 71.6 Å². The van der Waals surface area contributed by atoms with E-state index in [0.717, 1.165) is 35.4 Å². The lowest BCUT2D eigenvalue weighted by molar-refractivity contribution is -0.116. The fourth-order valence-corrected chi connectivity index (χ4v) is 8.27. The quantitative estimate of drug-likeness (QED) is 0.381. The fraction of sp³-hybridized carbons (Fsp3) is 0.655. The van der Waals surface area contributed by atoms with Crippen molar-refractivity contribution in [2.24, 2.45) is 39.5 Å². The Balaban J connectivity index is 1.36. The number of carbonyl (C=O) groups is 1. The van der Waals surface area contributed by atoms with E-state index in [1.165, 1.54) is 57.1 Å². The first-order valence-corrected chi connectivity index (χ1v) is 12.9. The van der Waals surface area contributed by atoms with Gasteiger partial charge in [-0.3, -0.25) is 9.79 Å². The molecule has 4 aliphatic rings. The third-order valence-corrected chi connectivity index (χ3v) is 10.1. The van der Waals surface area contributed by atoms with Crippen LogP contribution < -0.4 is 4.90 Å². The molecule has 3 nitrogen and oxygen atoms in total. The van der Waals surface area contributed by atoms with Crippen LogP contribution in [-0.2, 0) is 4.79 Å². The Kier molecular flexibility index (Phi) is 5.58. The zero-order chi connectivity index (χ0) is 22.5. The molecule has 0 saturated heterocycles. The Hall–Kier alpha value is -1.90. The maximum Gasteiger partial charge on any atom is 0.159 e. The number of Topliss-reactive ketones (excluding diaryl/α,β-unsaturated/α-hetero) is 1. The maximum atomic E-state index is 13.2. The minimum absolute atomic E-state index is 0.0386. The minimum atomic E-state index is 0.0386. The summed E-state index contributed by atoms with van der Waals surface area (Å²) in [7, 11) is 4.09.